The number of rotatable bonds is 7. The third kappa shape index (κ3) is 4.90. The highest BCUT2D eigenvalue weighted by atomic mass is 79.9. The van der Waals surface area contributed by atoms with E-state index in [-0.39, 0.29) is 11.9 Å². The maximum Gasteiger partial charge on any atom is 0.182 e. The summed E-state index contributed by atoms with van der Waals surface area (Å²) in [6.45, 7) is 2.42. The molecule has 2 rings (SSSR count). The first kappa shape index (κ1) is 16.6. The minimum absolute atomic E-state index is 0.146. The van der Waals surface area contributed by atoms with Crippen LogP contribution in [-0.2, 0) is 11.3 Å². The molecule has 0 N–H and O–H groups in total. The lowest BCUT2D eigenvalue weighted by Gasteiger charge is -2.22. The van der Waals surface area contributed by atoms with E-state index in [1.54, 1.807) is 10.9 Å². The largest absolute Gasteiger partial charge is 0.378 e. The quantitative estimate of drug-likeness (QED) is 0.704. The van der Waals surface area contributed by atoms with Crippen molar-refractivity contribution in [3.05, 3.63) is 16.4 Å². The van der Waals surface area contributed by atoms with Crippen LogP contribution >= 0.6 is 15.9 Å². The summed E-state index contributed by atoms with van der Waals surface area (Å²) in [6.07, 6.45) is 6.73. The summed E-state index contributed by atoms with van der Waals surface area (Å²) in [5.41, 5.74) is 0.688. The van der Waals surface area contributed by atoms with Gasteiger partial charge < -0.3 is 9.64 Å². The predicted molar refractivity (Wildman–Crippen MR) is 85.6 cm³/mol. The van der Waals surface area contributed by atoms with Gasteiger partial charge in [0.05, 0.1) is 23.3 Å². The molecule has 21 heavy (non-hydrogen) atoms. The number of carbonyl (C=O) groups excluding carboxylic acids is 1. The second-order valence-electron chi connectivity index (χ2n) is 5.82. The molecule has 1 aromatic heterocycles. The van der Waals surface area contributed by atoms with Gasteiger partial charge in [0, 0.05) is 19.6 Å². The van der Waals surface area contributed by atoms with Crippen molar-refractivity contribution < 1.29 is 9.53 Å². The van der Waals surface area contributed by atoms with Crippen molar-refractivity contribution in [2.45, 2.75) is 44.8 Å². The Hall–Kier alpha value is -0.720. The average Bonchev–Trinajstić information content (AvgIpc) is 2.85. The molecule has 1 atom stereocenters. The van der Waals surface area contributed by atoms with E-state index in [1.165, 1.54) is 6.42 Å². The third-order valence-electron chi connectivity index (χ3n) is 3.79. The van der Waals surface area contributed by atoms with Gasteiger partial charge in [-0.15, -0.1) is 0 Å². The molecule has 0 aromatic carbocycles. The molecule has 1 aromatic rings. The van der Waals surface area contributed by atoms with Crippen molar-refractivity contribution >= 4 is 21.7 Å². The van der Waals surface area contributed by atoms with Crippen LogP contribution in [0.4, 0.5) is 0 Å². The van der Waals surface area contributed by atoms with Crippen LogP contribution in [0, 0.1) is 0 Å². The first-order valence-electron chi connectivity index (χ1n) is 7.58. The van der Waals surface area contributed by atoms with Crippen LogP contribution in [0.25, 0.3) is 0 Å². The fourth-order valence-corrected chi connectivity index (χ4v) is 3.07. The smallest absolute Gasteiger partial charge is 0.182 e. The molecular weight excluding hydrogens is 334 g/mol. The van der Waals surface area contributed by atoms with Crippen molar-refractivity contribution in [1.82, 2.24) is 14.7 Å². The molecule has 0 bridgehead atoms. The number of aromatic nitrogens is 2. The van der Waals surface area contributed by atoms with Crippen LogP contribution in [0.5, 0.6) is 0 Å². The van der Waals surface area contributed by atoms with Crippen LogP contribution < -0.4 is 0 Å². The van der Waals surface area contributed by atoms with Gasteiger partial charge in [-0.05, 0) is 55.7 Å². The van der Waals surface area contributed by atoms with E-state index in [0.717, 1.165) is 43.4 Å². The number of hydrogen-bond donors (Lipinski definition) is 0. The van der Waals surface area contributed by atoms with E-state index in [1.807, 2.05) is 14.1 Å². The highest BCUT2D eigenvalue weighted by molar-refractivity contribution is 9.10. The Kier molecular flexibility index (Phi) is 6.39. The molecule has 0 radical (unpaired) electrons. The molecule has 1 saturated heterocycles. The van der Waals surface area contributed by atoms with Crippen LogP contribution in [-0.4, -0.2) is 53.8 Å². The minimum atomic E-state index is 0.146. The molecule has 6 heteroatoms. The van der Waals surface area contributed by atoms with Gasteiger partial charge >= 0.3 is 0 Å². The van der Waals surface area contributed by atoms with Gasteiger partial charge in [-0.1, -0.05) is 0 Å². The molecule has 0 saturated carbocycles. The van der Waals surface area contributed by atoms with Crippen LogP contribution in [0.1, 0.15) is 42.6 Å². The number of halogens is 1. The number of ether oxygens (including phenoxy) is 1. The molecule has 0 aliphatic carbocycles. The SMILES string of the molecule is CN(C)CCn1ncc(Br)c1C(=O)CCC1CCCCO1. The second kappa shape index (κ2) is 8.06. The van der Waals surface area contributed by atoms with E-state index >= 15 is 0 Å². The number of ketones is 1. The third-order valence-corrected chi connectivity index (χ3v) is 4.37. The van der Waals surface area contributed by atoms with Gasteiger partial charge in [0.2, 0.25) is 0 Å². The second-order valence-corrected chi connectivity index (χ2v) is 6.67. The number of carbonyl (C=O) groups is 1. The summed E-state index contributed by atoms with van der Waals surface area (Å²) < 4.78 is 8.28. The summed E-state index contributed by atoms with van der Waals surface area (Å²) in [7, 11) is 4.03. The Morgan fingerprint density at radius 3 is 3.00 bits per heavy atom. The van der Waals surface area contributed by atoms with E-state index in [0.29, 0.717) is 12.1 Å². The molecule has 0 spiro atoms. The molecule has 1 unspecified atom stereocenters. The Morgan fingerprint density at radius 1 is 1.52 bits per heavy atom. The van der Waals surface area contributed by atoms with E-state index in [4.69, 9.17) is 4.74 Å². The Labute approximate surface area is 134 Å². The van der Waals surface area contributed by atoms with E-state index in [2.05, 4.69) is 25.9 Å². The lowest BCUT2D eigenvalue weighted by Crippen LogP contribution is -2.23. The van der Waals surface area contributed by atoms with E-state index < -0.39 is 0 Å². The normalized spacial score (nSPS) is 19.1. The maximum atomic E-state index is 12.5. The standard InChI is InChI=1S/C15H24BrN3O2/c1-18(2)8-9-19-15(13(16)11-17-19)14(20)7-6-12-5-3-4-10-21-12/h11-12H,3-10H2,1-2H3. The molecule has 2 heterocycles. The zero-order valence-electron chi connectivity index (χ0n) is 12.8. The Morgan fingerprint density at radius 2 is 2.33 bits per heavy atom. The number of nitrogens with zero attached hydrogens (tertiary/aromatic N) is 3. The zero-order valence-corrected chi connectivity index (χ0v) is 14.4. The highest BCUT2D eigenvalue weighted by Crippen LogP contribution is 2.22. The number of Topliss-reactive ketones (excluding diaryl/α,β-unsaturated/α-hetero) is 1. The fraction of sp³-hybridized carbons (Fsp3) is 0.733. The molecule has 1 aliphatic rings. The predicted octanol–water partition coefficient (Wildman–Crippen LogP) is 2.74. The summed E-state index contributed by atoms with van der Waals surface area (Å²) in [6, 6.07) is 0. The van der Waals surface area contributed by atoms with Gasteiger partial charge in [0.15, 0.2) is 5.78 Å². The highest BCUT2D eigenvalue weighted by Gasteiger charge is 2.20. The van der Waals surface area contributed by atoms with Crippen LogP contribution in [0.3, 0.4) is 0 Å². The van der Waals surface area contributed by atoms with Crippen molar-refractivity contribution in [3.8, 4) is 0 Å². The topological polar surface area (TPSA) is 47.4 Å². The Balaban J connectivity index is 1.92. The Bertz CT molecular complexity index is 467. The van der Waals surface area contributed by atoms with Crippen molar-refractivity contribution in [3.63, 3.8) is 0 Å². The molecule has 1 fully saturated rings. The fourth-order valence-electron chi connectivity index (χ4n) is 2.55. The summed E-state index contributed by atoms with van der Waals surface area (Å²) in [5, 5.41) is 4.29. The molecule has 5 nitrogen and oxygen atoms in total. The van der Waals surface area contributed by atoms with Crippen molar-refractivity contribution in [2.75, 3.05) is 27.2 Å². The number of hydrogen-bond acceptors (Lipinski definition) is 4. The first-order valence-corrected chi connectivity index (χ1v) is 8.38. The van der Waals surface area contributed by atoms with Gasteiger partial charge in [0.1, 0.15) is 5.69 Å². The van der Waals surface area contributed by atoms with Gasteiger partial charge in [0.25, 0.3) is 0 Å². The van der Waals surface area contributed by atoms with E-state index in [9.17, 15) is 4.79 Å². The van der Waals surface area contributed by atoms with Crippen molar-refractivity contribution in [1.29, 1.82) is 0 Å². The van der Waals surface area contributed by atoms with Crippen molar-refractivity contribution in [2.24, 2.45) is 0 Å². The summed E-state index contributed by atoms with van der Waals surface area (Å²) in [5.74, 6) is 0.146. The lowest BCUT2D eigenvalue weighted by atomic mass is 10.0. The monoisotopic (exact) mass is 357 g/mol. The lowest BCUT2D eigenvalue weighted by molar-refractivity contribution is 0.0104. The van der Waals surface area contributed by atoms with Crippen LogP contribution in [0.15, 0.2) is 10.7 Å². The average molecular weight is 358 g/mol. The van der Waals surface area contributed by atoms with Gasteiger partial charge in [-0.2, -0.15) is 5.10 Å². The first-order chi connectivity index (χ1) is 10.1. The minimum Gasteiger partial charge on any atom is -0.378 e. The maximum absolute atomic E-state index is 12.5. The molecule has 0 amide bonds. The molecule has 1 aliphatic heterocycles. The molecular formula is C15H24BrN3O2. The summed E-state index contributed by atoms with van der Waals surface area (Å²) in [4.78, 5) is 14.6. The van der Waals surface area contributed by atoms with Gasteiger partial charge in [-0.3, -0.25) is 9.48 Å². The van der Waals surface area contributed by atoms with Gasteiger partial charge in [-0.25, -0.2) is 0 Å². The number of likely N-dealkylation sites (N-methyl/N-ethyl adjacent to an activating group) is 1. The molecule has 118 valence electrons. The van der Waals surface area contributed by atoms with Crippen LogP contribution in [0.2, 0.25) is 0 Å². The zero-order chi connectivity index (χ0) is 15.2. The summed E-state index contributed by atoms with van der Waals surface area (Å²) >= 11 is 3.44.